The molecule has 0 spiro atoms. The van der Waals surface area contributed by atoms with Gasteiger partial charge in [0, 0.05) is 30.5 Å². The Morgan fingerprint density at radius 1 is 1.04 bits per heavy atom. The minimum Gasteiger partial charge on any atom is -0.376 e. The molecule has 0 bridgehead atoms. The summed E-state index contributed by atoms with van der Waals surface area (Å²) in [7, 11) is 0. The predicted molar refractivity (Wildman–Crippen MR) is 105 cm³/mol. The van der Waals surface area contributed by atoms with E-state index in [1.54, 1.807) is 12.1 Å². The molecule has 2 N–H and O–H groups in total. The number of aromatic nitrogens is 2. The Bertz CT molecular complexity index is 898. The molecule has 138 valence electrons. The largest absolute Gasteiger partial charge is 0.376 e. The first-order valence-corrected chi connectivity index (χ1v) is 9.09. The maximum Gasteiger partial charge on any atom is 0.229 e. The number of anilines is 3. The SMILES string of the molecule is Fc1cccc(Nc2nc(NCC3CCCO3)cc(-c3ccccc3)n2)c1. The van der Waals surface area contributed by atoms with Gasteiger partial charge in [-0.1, -0.05) is 36.4 Å². The van der Waals surface area contributed by atoms with Crippen LogP contribution in [0.15, 0.2) is 60.7 Å². The molecule has 1 aromatic heterocycles. The van der Waals surface area contributed by atoms with Crippen LogP contribution in [0.1, 0.15) is 12.8 Å². The molecule has 27 heavy (non-hydrogen) atoms. The lowest BCUT2D eigenvalue weighted by Gasteiger charge is -2.14. The highest BCUT2D eigenvalue weighted by atomic mass is 19.1. The maximum atomic E-state index is 13.5. The smallest absolute Gasteiger partial charge is 0.229 e. The highest BCUT2D eigenvalue weighted by Crippen LogP contribution is 2.24. The standard InChI is InChI=1S/C21H21FN4O/c22-16-8-4-9-17(12-16)24-21-25-19(15-6-2-1-3-7-15)13-20(26-21)23-14-18-10-5-11-27-18/h1-4,6-9,12-13,18H,5,10-11,14H2,(H2,23,24,25,26). The second-order valence-corrected chi connectivity index (χ2v) is 6.48. The average molecular weight is 364 g/mol. The molecule has 1 fully saturated rings. The van der Waals surface area contributed by atoms with Crippen molar-refractivity contribution in [3.63, 3.8) is 0 Å². The van der Waals surface area contributed by atoms with Gasteiger partial charge in [0.25, 0.3) is 0 Å². The molecule has 5 nitrogen and oxygen atoms in total. The second kappa shape index (κ2) is 8.14. The molecule has 1 aliphatic rings. The summed E-state index contributed by atoms with van der Waals surface area (Å²) in [5.74, 6) is 0.811. The van der Waals surface area contributed by atoms with Crippen LogP contribution in [-0.2, 0) is 4.74 Å². The van der Waals surface area contributed by atoms with E-state index < -0.39 is 0 Å². The van der Waals surface area contributed by atoms with Crippen molar-refractivity contribution in [3.8, 4) is 11.3 Å². The molecule has 1 unspecified atom stereocenters. The Labute approximate surface area is 157 Å². The Hall–Kier alpha value is -2.99. The summed E-state index contributed by atoms with van der Waals surface area (Å²) < 4.78 is 19.1. The molecule has 1 atom stereocenters. The number of nitrogens with one attached hydrogen (secondary N) is 2. The Balaban J connectivity index is 1.61. The van der Waals surface area contributed by atoms with Gasteiger partial charge in [-0.2, -0.15) is 4.98 Å². The van der Waals surface area contributed by atoms with Crippen molar-refractivity contribution in [3.05, 3.63) is 66.5 Å². The van der Waals surface area contributed by atoms with E-state index in [0.29, 0.717) is 24.0 Å². The molecule has 4 rings (SSSR count). The van der Waals surface area contributed by atoms with Crippen LogP contribution in [0.2, 0.25) is 0 Å². The normalized spacial score (nSPS) is 16.3. The van der Waals surface area contributed by atoms with E-state index in [-0.39, 0.29) is 11.9 Å². The third-order valence-corrected chi connectivity index (χ3v) is 4.41. The fourth-order valence-electron chi connectivity index (χ4n) is 3.07. The summed E-state index contributed by atoms with van der Waals surface area (Å²) in [5, 5.41) is 6.43. The molecular formula is C21H21FN4O. The zero-order chi connectivity index (χ0) is 18.5. The van der Waals surface area contributed by atoms with Crippen molar-refractivity contribution in [2.24, 2.45) is 0 Å². The van der Waals surface area contributed by atoms with E-state index in [1.165, 1.54) is 12.1 Å². The summed E-state index contributed by atoms with van der Waals surface area (Å²) in [6.45, 7) is 1.52. The van der Waals surface area contributed by atoms with E-state index in [1.807, 2.05) is 36.4 Å². The minimum atomic E-state index is -0.309. The van der Waals surface area contributed by atoms with E-state index in [9.17, 15) is 4.39 Å². The van der Waals surface area contributed by atoms with Gasteiger partial charge in [0.15, 0.2) is 0 Å². The number of rotatable bonds is 6. The van der Waals surface area contributed by atoms with Gasteiger partial charge >= 0.3 is 0 Å². The number of hydrogen-bond acceptors (Lipinski definition) is 5. The molecule has 0 saturated carbocycles. The van der Waals surface area contributed by atoms with Gasteiger partial charge in [-0.15, -0.1) is 0 Å². The number of hydrogen-bond donors (Lipinski definition) is 2. The van der Waals surface area contributed by atoms with Gasteiger partial charge in [-0.25, -0.2) is 9.37 Å². The van der Waals surface area contributed by atoms with Crippen LogP contribution in [0.5, 0.6) is 0 Å². The van der Waals surface area contributed by atoms with E-state index in [4.69, 9.17) is 4.74 Å². The van der Waals surface area contributed by atoms with E-state index in [2.05, 4.69) is 20.6 Å². The lowest BCUT2D eigenvalue weighted by molar-refractivity contribution is 0.120. The van der Waals surface area contributed by atoms with Crippen LogP contribution < -0.4 is 10.6 Å². The lowest BCUT2D eigenvalue weighted by Crippen LogP contribution is -2.19. The molecule has 1 aliphatic heterocycles. The first-order chi connectivity index (χ1) is 13.3. The van der Waals surface area contributed by atoms with Crippen molar-refractivity contribution in [1.29, 1.82) is 0 Å². The van der Waals surface area contributed by atoms with Gasteiger partial charge in [0.2, 0.25) is 5.95 Å². The third-order valence-electron chi connectivity index (χ3n) is 4.41. The molecule has 2 heterocycles. The van der Waals surface area contributed by atoms with Gasteiger partial charge in [0.1, 0.15) is 11.6 Å². The van der Waals surface area contributed by atoms with E-state index >= 15 is 0 Å². The number of benzene rings is 2. The van der Waals surface area contributed by atoms with Crippen LogP contribution in [0.25, 0.3) is 11.3 Å². The maximum absolute atomic E-state index is 13.5. The monoisotopic (exact) mass is 364 g/mol. The van der Waals surface area contributed by atoms with Crippen LogP contribution in [0.3, 0.4) is 0 Å². The first-order valence-electron chi connectivity index (χ1n) is 9.09. The van der Waals surface area contributed by atoms with E-state index in [0.717, 1.165) is 30.7 Å². The van der Waals surface area contributed by atoms with Crippen LogP contribution in [0.4, 0.5) is 21.8 Å². The van der Waals surface area contributed by atoms with Crippen LogP contribution >= 0.6 is 0 Å². The summed E-state index contributed by atoms with van der Waals surface area (Å²) in [6, 6.07) is 18.1. The molecule has 0 radical (unpaired) electrons. The zero-order valence-electron chi connectivity index (χ0n) is 14.9. The van der Waals surface area contributed by atoms with Crippen LogP contribution in [-0.4, -0.2) is 29.2 Å². The highest BCUT2D eigenvalue weighted by molar-refractivity contribution is 5.66. The first kappa shape index (κ1) is 17.4. The fourth-order valence-corrected chi connectivity index (χ4v) is 3.07. The highest BCUT2D eigenvalue weighted by Gasteiger charge is 2.16. The predicted octanol–water partition coefficient (Wildman–Crippen LogP) is 4.62. The molecule has 6 heteroatoms. The number of ether oxygens (including phenoxy) is 1. The number of halogens is 1. The second-order valence-electron chi connectivity index (χ2n) is 6.48. The molecule has 0 amide bonds. The topological polar surface area (TPSA) is 59.1 Å². The fraction of sp³-hybridized carbons (Fsp3) is 0.238. The molecule has 1 saturated heterocycles. The van der Waals surface area contributed by atoms with Gasteiger partial charge < -0.3 is 15.4 Å². The third kappa shape index (κ3) is 4.60. The van der Waals surface area contributed by atoms with Gasteiger partial charge in [0.05, 0.1) is 11.8 Å². The Morgan fingerprint density at radius 3 is 2.70 bits per heavy atom. The lowest BCUT2D eigenvalue weighted by atomic mass is 10.1. The van der Waals surface area contributed by atoms with Crippen LogP contribution in [0, 0.1) is 5.82 Å². The Morgan fingerprint density at radius 2 is 1.93 bits per heavy atom. The van der Waals surface area contributed by atoms with Crippen molar-refractivity contribution in [1.82, 2.24) is 9.97 Å². The minimum absolute atomic E-state index is 0.208. The molecule has 0 aliphatic carbocycles. The van der Waals surface area contributed by atoms with Crippen molar-refractivity contribution in [2.75, 3.05) is 23.8 Å². The van der Waals surface area contributed by atoms with Crippen molar-refractivity contribution >= 4 is 17.5 Å². The average Bonchev–Trinajstić information content (AvgIpc) is 3.21. The summed E-state index contributed by atoms with van der Waals surface area (Å²) in [4.78, 5) is 9.13. The van der Waals surface area contributed by atoms with Crippen molar-refractivity contribution in [2.45, 2.75) is 18.9 Å². The molecular weight excluding hydrogens is 343 g/mol. The summed E-state index contributed by atoms with van der Waals surface area (Å²) in [6.07, 6.45) is 2.36. The van der Waals surface area contributed by atoms with Gasteiger partial charge in [-0.3, -0.25) is 0 Å². The Kier molecular flexibility index (Phi) is 5.25. The van der Waals surface area contributed by atoms with Crippen molar-refractivity contribution < 1.29 is 9.13 Å². The quantitative estimate of drug-likeness (QED) is 0.668. The molecule has 3 aromatic rings. The summed E-state index contributed by atoms with van der Waals surface area (Å²) >= 11 is 0. The molecule has 2 aromatic carbocycles. The summed E-state index contributed by atoms with van der Waals surface area (Å²) in [5.41, 5.74) is 2.38. The zero-order valence-corrected chi connectivity index (χ0v) is 14.9. The number of nitrogens with zero attached hydrogens (tertiary/aromatic N) is 2. The van der Waals surface area contributed by atoms with Gasteiger partial charge in [-0.05, 0) is 31.0 Å².